The van der Waals surface area contributed by atoms with Gasteiger partial charge in [0.1, 0.15) is 0 Å². The monoisotopic (exact) mass is 258 g/mol. The molecule has 1 aromatic rings. The van der Waals surface area contributed by atoms with Crippen LogP contribution in [0.2, 0.25) is 0 Å². The Hall–Kier alpha value is -1.12. The second kappa shape index (κ2) is 7.46. The lowest BCUT2D eigenvalue weighted by molar-refractivity contribution is 0.172. The van der Waals surface area contributed by atoms with Crippen LogP contribution < -0.4 is 5.32 Å². The third-order valence-electron chi connectivity index (χ3n) is 3.97. The van der Waals surface area contributed by atoms with Gasteiger partial charge in [0.05, 0.1) is 0 Å². The molecule has 1 fully saturated rings. The molecule has 1 aliphatic rings. The van der Waals surface area contributed by atoms with Crippen LogP contribution in [0.1, 0.15) is 31.7 Å². The van der Waals surface area contributed by atoms with E-state index in [0.717, 1.165) is 13.1 Å². The van der Waals surface area contributed by atoms with E-state index in [4.69, 9.17) is 0 Å². The third-order valence-corrected chi connectivity index (χ3v) is 3.97. The minimum absolute atomic E-state index is 0.629. The van der Waals surface area contributed by atoms with Crippen LogP contribution in [0.5, 0.6) is 0 Å². The van der Waals surface area contributed by atoms with Crippen molar-refractivity contribution in [1.29, 1.82) is 0 Å². The summed E-state index contributed by atoms with van der Waals surface area (Å²) in [4.78, 5) is 2.60. The van der Waals surface area contributed by atoms with E-state index in [1.165, 1.54) is 43.5 Å². The highest BCUT2D eigenvalue weighted by molar-refractivity contribution is 5.64. The fourth-order valence-corrected chi connectivity index (χ4v) is 2.70. The van der Waals surface area contributed by atoms with Gasteiger partial charge in [-0.3, -0.25) is 4.90 Å². The van der Waals surface area contributed by atoms with Gasteiger partial charge in [-0.2, -0.15) is 0 Å². The number of hydrogen-bond donors (Lipinski definition) is 1. The summed E-state index contributed by atoms with van der Waals surface area (Å²) in [5.74, 6) is 0. The Morgan fingerprint density at radius 1 is 1.21 bits per heavy atom. The molecule has 2 rings (SSSR count). The molecule has 2 nitrogen and oxygen atoms in total. The van der Waals surface area contributed by atoms with E-state index in [9.17, 15) is 0 Å². The molecule has 0 amide bonds. The predicted molar refractivity (Wildman–Crippen MR) is 83.2 cm³/mol. The molecule has 1 aliphatic heterocycles. The van der Waals surface area contributed by atoms with Gasteiger partial charge in [0.15, 0.2) is 0 Å². The fourth-order valence-electron chi connectivity index (χ4n) is 2.70. The highest BCUT2D eigenvalue weighted by Crippen LogP contribution is 2.12. The Labute approximate surface area is 117 Å². The van der Waals surface area contributed by atoms with Crippen molar-refractivity contribution >= 4 is 5.57 Å². The molecule has 0 aliphatic carbocycles. The molecule has 1 heterocycles. The third kappa shape index (κ3) is 4.48. The average Bonchev–Trinajstić information content (AvgIpc) is 2.49. The lowest BCUT2D eigenvalue weighted by Crippen LogP contribution is -2.43. The maximum absolute atomic E-state index is 4.16. The molecule has 1 unspecified atom stereocenters. The van der Waals surface area contributed by atoms with Crippen molar-refractivity contribution in [2.24, 2.45) is 0 Å². The highest BCUT2D eigenvalue weighted by atomic mass is 15.2. The van der Waals surface area contributed by atoms with Gasteiger partial charge in [-0.15, -0.1) is 0 Å². The standard InChI is InChI=1S/C17H26N2/c1-15(17-9-5-3-6-10-17)13-18-14-16(2)19-11-7-4-8-12-19/h3,5-6,9-10,16,18H,1,4,7-8,11-14H2,2H3. The minimum atomic E-state index is 0.629. The van der Waals surface area contributed by atoms with Crippen LogP contribution in [0, 0.1) is 0 Å². The fraction of sp³-hybridized carbons (Fsp3) is 0.529. The van der Waals surface area contributed by atoms with Crippen LogP contribution in [-0.2, 0) is 0 Å². The van der Waals surface area contributed by atoms with E-state index in [0.29, 0.717) is 6.04 Å². The van der Waals surface area contributed by atoms with Crippen molar-refractivity contribution in [3.63, 3.8) is 0 Å². The van der Waals surface area contributed by atoms with Crippen LogP contribution in [0.15, 0.2) is 36.9 Å². The maximum atomic E-state index is 4.16. The van der Waals surface area contributed by atoms with E-state index in [2.05, 4.69) is 48.0 Å². The van der Waals surface area contributed by atoms with Crippen molar-refractivity contribution in [3.05, 3.63) is 42.5 Å². The Balaban J connectivity index is 1.69. The molecule has 0 saturated carbocycles. The largest absolute Gasteiger partial charge is 0.311 e. The van der Waals surface area contributed by atoms with Crippen molar-refractivity contribution < 1.29 is 0 Å². The molecule has 0 bridgehead atoms. The number of nitrogens with one attached hydrogen (secondary N) is 1. The molecule has 19 heavy (non-hydrogen) atoms. The number of nitrogens with zero attached hydrogens (tertiary/aromatic N) is 1. The first-order valence-corrected chi connectivity index (χ1v) is 7.45. The first-order chi connectivity index (χ1) is 9.27. The highest BCUT2D eigenvalue weighted by Gasteiger charge is 2.15. The first-order valence-electron chi connectivity index (χ1n) is 7.45. The van der Waals surface area contributed by atoms with Gasteiger partial charge < -0.3 is 5.32 Å². The summed E-state index contributed by atoms with van der Waals surface area (Å²) >= 11 is 0. The van der Waals surface area contributed by atoms with Crippen LogP contribution in [0.4, 0.5) is 0 Å². The predicted octanol–water partition coefficient (Wildman–Crippen LogP) is 3.16. The van der Waals surface area contributed by atoms with Crippen LogP contribution >= 0.6 is 0 Å². The molecule has 2 heteroatoms. The van der Waals surface area contributed by atoms with E-state index in [1.807, 2.05) is 6.07 Å². The van der Waals surface area contributed by atoms with Gasteiger partial charge in [-0.1, -0.05) is 43.3 Å². The number of likely N-dealkylation sites (tertiary alicyclic amines) is 1. The minimum Gasteiger partial charge on any atom is -0.311 e. The van der Waals surface area contributed by atoms with Gasteiger partial charge in [0.25, 0.3) is 0 Å². The quantitative estimate of drug-likeness (QED) is 0.843. The topological polar surface area (TPSA) is 15.3 Å². The summed E-state index contributed by atoms with van der Waals surface area (Å²) in [6.45, 7) is 10.9. The van der Waals surface area contributed by atoms with E-state index < -0.39 is 0 Å². The number of rotatable bonds is 6. The molecule has 0 radical (unpaired) electrons. The van der Waals surface area contributed by atoms with Gasteiger partial charge in [0.2, 0.25) is 0 Å². The molecule has 0 aromatic heterocycles. The van der Waals surface area contributed by atoms with Gasteiger partial charge in [-0.25, -0.2) is 0 Å². The summed E-state index contributed by atoms with van der Waals surface area (Å²) in [7, 11) is 0. The SMILES string of the molecule is C=C(CNCC(C)N1CCCCC1)c1ccccc1. The van der Waals surface area contributed by atoms with E-state index >= 15 is 0 Å². The normalized spacial score (nSPS) is 18.2. The van der Waals surface area contributed by atoms with Crippen LogP contribution in [-0.4, -0.2) is 37.1 Å². The smallest absolute Gasteiger partial charge is 0.0206 e. The zero-order chi connectivity index (χ0) is 13.5. The average molecular weight is 258 g/mol. The second-order valence-electron chi connectivity index (χ2n) is 5.55. The van der Waals surface area contributed by atoms with Crippen molar-refractivity contribution in [1.82, 2.24) is 10.2 Å². The molecule has 0 spiro atoms. The number of benzene rings is 1. The number of piperidine rings is 1. The lowest BCUT2D eigenvalue weighted by Gasteiger charge is -2.32. The Kier molecular flexibility index (Phi) is 5.62. The molecule has 104 valence electrons. The Morgan fingerprint density at radius 2 is 1.89 bits per heavy atom. The maximum Gasteiger partial charge on any atom is 0.0206 e. The molecular formula is C17H26N2. The summed E-state index contributed by atoms with van der Waals surface area (Å²) in [6.07, 6.45) is 4.13. The Bertz CT molecular complexity index is 380. The van der Waals surface area contributed by atoms with Gasteiger partial charge in [0, 0.05) is 19.1 Å². The number of hydrogen-bond acceptors (Lipinski definition) is 2. The zero-order valence-corrected chi connectivity index (χ0v) is 12.1. The first kappa shape index (κ1) is 14.3. The lowest BCUT2D eigenvalue weighted by atomic mass is 10.1. The summed E-state index contributed by atoms with van der Waals surface area (Å²) < 4.78 is 0. The van der Waals surface area contributed by atoms with Crippen LogP contribution in [0.3, 0.4) is 0 Å². The van der Waals surface area contributed by atoms with Crippen LogP contribution in [0.25, 0.3) is 5.57 Å². The zero-order valence-electron chi connectivity index (χ0n) is 12.1. The molecule has 1 aromatic carbocycles. The summed E-state index contributed by atoms with van der Waals surface area (Å²) in [5, 5.41) is 3.54. The second-order valence-corrected chi connectivity index (χ2v) is 5.55. The van der Waals surface area contributed by atoms with Gasteiger partial charge in [-0.05, 0) is 44.0 Å². The Morgan fingerprint density at radius 3 is 2.58 bits per heavy atom. The molecular weight excluding hydrogens is 232 g/mol. The van der Waals surface area contributed by atoms with Crippen molar-refractivity contribution in [2.45, 2.75) is 32.2 Å². The molecule has 1 saturated heterocycles. The van der Waals surface area contributed by atoms with Gasteiger partial charge >= 0.3 is 0 Å². The van der Waals surface area contributed by atoms with E-state index in [-0.39, 0.29) is 0 Å². The summed E-state index contributed by atoms with van der Waals surface area (Å²) in [5.41, 5.74) is 2.41. The summed E-state index contributed by atoms with van der Waals surface area (Å²) in [6, 6.07) is 11.1. The molecule has 1 atom stereocenters. The van der Waals surface area contributed by atoms with E-state index in [1.54, 1.807) is 0 Å². The van der Waals surface area contributed by atoms with Crippen molar-refractivity contribution in [3.8, 4) is 0 Å². The molecule has 1 N–H and O–H groups in total. The van der Waals surface area contributed by atoms with Crippen molar-refractivity contribution in [2.75, 3.05) is 26.2 Å².